The van der Waals surface area contributed by atoms with E-state index in [0.29, 0.717) is 28.8 Å². The van der Waals surface area contributed by atoms with Crippen LogP contribution in [0.3, 0.4) is 0 Å². The number of sulfonamides is 1. The molecule has 2 heterocycles. The normalized spacial score (nSPS) is 24.2. The van der Waals surface area contributed by atoms with Crippen LogP contribution < -0.4 is 14.4 Å². The summed E-state index contributed by atoms with van der Waals surface area (Å²) in [5.41, 5.74) is 2.38. The summed E-state index contributed by atoms with van der Waals surface area (Å²) in [5, 5.41) is 41.8. The van der Waals surface area contributed by atoms with Crippen LogP contribution in [-0.2, 0) is 29.1 Å². The first-order valence-electron chi connectivity index (χ1n) is 17.3. The number of nitrogens with zero attached hydrogens (tertiary/aromatic N) is 1. The molecule has 4 aromatic rings. The number of benzene rings is 4. The number of aliphatic hydroxyl groups is 4. The minimum absolute atomic E-state index is 0.114. The first kappa shape index (κ1) is 39.5. The van der Waals surface area contributed by atoms with E-state index in [0.717, 1.165) is 7.11 Å². The highest BCUT2D eigenvalue weighted by Crippen LogP contribution is 2.46. The number of halogens is 1. The number of ether oxygens (including phenoxy) is 3. The van der Waals surface area contributed by atoms with Crippen LogP contribution in [0.25, 0.3) is 0 Å². The average Bonchev–Trinajstić information content (AvgIpc) is 3.20. The Balaban J connectivity index is 1.18. The molecular formula is C40H39FN2O11S. The topological polar surface area (TPSA) is 192 Å². The average molecular weight is 775 g/mol. The lowest BCUT2D eigenvalue weighted by Crippen LogP contribution is -2.61. The van der Waals surface area contributed by atoms with Gasteiger partial charge in [-0.15, -0.1) is 0 Å². The minimum Gasteiger partial charge on any atom is -0.467 e. The number of hydrogen-bond donors (Lipinski definition) is 5. The molecule has 2 aliphatic heterocycles. The van der Waals surface area contributed by atoms with Crippen molar-refractivity contribution in [3.8, 4) is 17.6 Å². The first-order valence-corrected chi connectivity index (χ1v) is 18.8. The second-order valence-electron chi connectivity index (χ2n) is 13.0. The number of carbonyl (C=O) groups is 2. The zero-order valence-electron chi connectivity index (χ0n) is 29.4. The Kier molecular flexibility index (Phi) is 12.3. The molecule has 8 atom stereocenters. The fourth-order valence-corrected chi connectivity index (χ4v) is 7.43. The molecule has 5 N–H and O–H groups in total. The van der Waals surface area contributed by atoms with Gasteiger partial charge in [-0.3, -0.25) is 4.79 Å². The molecule has 4 aromatic carbocycles. The maximum Gasteiger partial charge on any atom is 0.337 e. The monoisotopic (exact) mass is 774 g/mol. The van der Waals surface area contributed by atoms with Crippen LogP contribution in [0.15, 0.2) is 108 Å². The van der Waals surface area contributed by atoms with Crippen molar-refractivity contribution in [1.82, 2.24) is 4.72 Å². The number of esters is 1. The van der Waals surface area contributed by atoms with E-state index < -0.39 is 70.6 Å². The van der Waals surface area contributed by atoms with Gasteiger partial charge in [0.15, 0.2) is 6.10 Å². The highest BCUT2D eigenvalue weighted by atomic mass is 32.2. The van der Waals surface area contributed by atoms with Crippen LogP contribution in [0.4, 0.5) is 10.1 Å². The molecule has 1 unspecified atom stereocenters. The molecule has 55 heavy (non-hydrogen) atoms. The highest BCUT2D eigenvalue weighted by Gasteiger charge is 2.50. The van der Waals surface area contributed by atoms with Gasteiger partial charge in [0, 0.05) is 11.3 Å². The van der Waals surface area contributed by atoms with Gasteiger partial charge in [0.25, 0.3) is 0 Å². The summed E-state index contributed by atoms with van der Waals surface area (Å²) < 4.78 is 56.6. The number of aliphatic hydroxyl groups excluding tert-OH is 4. The molecule has 0 bridgehead atoms. The van der Waals surface area contributed by atoms with Gasteiger partial charge >= 0.3 is 5.97 Å². The van der Waals surface area contributed by atoms with Gasteiger partial charge in [0.1, 0.15) is 29.9 Å². The van der Waals surface area contributed by atoms with Crippen molar-refractivity contribution in [2.24, 2.45) is 5.92 Å². The number of amides is 1. The molecule has 0 aromatic heterocycles. The zero-order valence-corrected chi connectivity index (χ0v) is 30.3. The molecule has 0 saturated carbocycles. The van der Waals surface area contributed by atoms with Crippen LogP contribution in [0.5, 0.6) is 5.75 Å². The van der Waals surface area contributed by atoms with Gasteiger partial charge in [-0.05, 0) is 84.6 Å². The Hall–Kier alpha value is -5.18. The summed E-state index contributed by atoms with van der Waals surface area (Å²) in [6, 6.07) is 26.4. The van der Waals surface area contributed by atoms with Crippen LogP contribution in [-0.4, -0.2) is 85.1 Å². The number of β-lactam (4-membered cyclic amide) rings is 1. The van der Waals surface area contributed by atoms with Gasteiger partial charge < -0.3 is 39.5 Å². The molecule has 288 valence electrons. The van der Waals surface area contributed by atoms with Crippen molar-refractivity contribution in [1.29, 1.82) is 0 Å². The standard InChI is InChI=1S/C40H39FN2O11S/c1-52-39(49)37-35(46)34(45)36(47)40(54-37)53-29-19-13-26(14-20-29)33-31(21-22-32(44)25-11-15-27(41)16-12-25)38(48)43(33)28-17-9-24(10-18-28)6-5-23-42-55(50,51)30-7-3-2-4-8-30/h2-4,7-20,31-37,40,42,44-47H,21-23H2,1H3/t31-,32+,33?,34+,35+,36-,37+,40-/m1/s1. The fraction of sp³-hybridized carbons (Fsp3) is 0.300. The van der Waals surface area contributed by atoms with Crippen LogP contribution in [0.1, 0.15) is 41.7 Å². The number of methoxy groups -OCH3 is 1. The van der Waals surface area contributed by atoms with E-state index in [-0.39, 0.29) is 29.5 Å². The Morgan fingerprint density at radius 1 is 0.927 bits per heavy atom. The summed E-state index contributed by atoms with van der Waals surface area (Å²) in [6.07, 6.45) is -8.73. The molecular weight excluding hydrogens is 736 g/mol. The lowest BCUT2D eigenvalue weighted by atomic mass is 9.78. The van der Waals surface area contributed by atoms with E-state index in [2.05, 4.69) is 21.3 Å². The summed E-state index contributed by atoms with van der Waals surface area (Å²) in [7, 11) is -2.63. The van der Waals surface area contributed by atoms with Gasteiger partial charge in [0.05, 0.1) is 36.6 Å². The third-order valence-electron chi connectivity index (χ3n) is 9.48. The summed E-state index contributed by atoms with van der Waals surface area (Å²) in [4.78, 5) is 27.6. The van der Waals surface area contributed by atoms with Gasteiger partial charge in [-0.25, -0.2) is 17.6 Å². The second-order valence-corrected chi connectivity index (χ2v) is 14.8. The number of carbonyl (C=O) groups excluding carboxylic acids is 2. The smallest absolute Gasteiger partial charge is 0.337 e. The highest BCUT2D eigenvalue weighted by molar-refractivity contribution is 7.89. The number of rotatable bonds is 12. The molecule has 0 radical (unpaired) electrons. The van der Waals surface area contributed by atoms with Crippen molar-refractivity contribution in [2.45, 2.75) is 60.6 Å². The van der Waals surface area contributed by atoms with Crippen molar-refractivity contribution < 1.29 is 57.0 Å². The lowest BCUT2D eigenvalue weighted by molar-refractivity contribution is -0.271. The van der Waals surface area contributed by atoms with E-state index >= 15 is 0 Å². The molecule has 13 nitrogen and oxygen atoms in total. The predicted molar refractivity (Wildman–Crippen MR) is 195 cm³/mol. The van der Waals surface area contributed by atoms with Gasteiger partial charge in [-0.2, -0.15) is 4.72 Å². The zero-order chi connectivity index (χ0) is 39.3. The van der Waals surface area contributed by atoms with Crippen molar-refractivity contribution >= 4 is 27.6 Å². The molecule has 15 heteroatoms. The SMILES string of the molecule is COC(=O)[C@H]1O[C@@H](Oc2ccc(C3[C@@H](CC[C@H](O)c4ccc(F)cc4)C(=O)N3c3ccc(C#CCNS(=O)(=O)c4ccccc4)cc3)cc2)[C@H](O)[C@@H](O)[C@@H]1O. The minimum atomic E-state index is -3.71. The molecule has 0 aliphatic carbocycles. The van der Waals surface area contributed by atoms with Crippen molar-refractivity contribution in [3.05, 3.63) is 126 Å². The first-order chi connectivity index (χ1) is 26.4. The Morgan fingerprint density at radius 2 is 1.60 bits per heavy atom. The van der Waals surface area contributed by atoms with Gasteiger partial charge in [-0.1, -0.05) is 54.3 Å². The Bertz CT molecular complexity index is 2130. The summed E-state index contributed by atoms with van der Waals surface area (Å²) in [6.45, 7) is -0.114. The number of anilines is 1. The van der Waals surface area contributed by atoms with E-state index in [4.69, 9.17) is 9.47 Å². The fourth-order valence-electron chi connectivity index (χ4n) is 6.49. The van der Waals surface area contributed by atoms with Crippen molar-refractivity contribution in [3.63, 3.8) is 0 Å². The van der Waals surface area contributed by atoms with Crippen LogP contribution in [0.2, 0.25) is 0 Å². The second kappa shape index (κ2) is 17.1. The molecule has 1 amide bonds. The molecule has 6 rings (SSSR count). The quantitative estimate of drug-likeness (QED) is 0.0808. The van der Waals surface area contributed by atoms with Crippen LogP contribution >= 0.6 is 0 Å². The molecule has 2 aliphatic rings. The third-order valence-corrected chi connectivity index (χ3v) is 10.9. The van der Waals surface area contributed by atoms with E-state index in [1.807, 2.05) is 0 Å². The Morgan fingerprint density at radius 3 is 2.25 bits per heavy atom. The predicted octanol–water partition coefficient (Wildman–Crippen LogP) is 2.73. The maximum absolute atomic E-state index is 13.7. The lowest BCUT2D eigenvalue weighted by Gasteiger charge is -2.48. The third kappa shape index (κ3) is 8.87. The molecule has 2 fully saturated rings. The van der Waals surface area contributed by atoms with Crippen molar-refractivity contribution in [2.75, 3.05) is 18.6 Å². The van der Waals surface area contributed by atoms with E-state index in [9.17, 15) is 42.8 Å². The van der Waals surface area contributed by atoms with Crippen LogP contribution in [0, 0.1) is 23.6 Å². The maximum atomic E-state index is 13.7. The summed E-state index contributed by atoms with van der Waals surface area (Å²) >= 11 is 0. The Labute approximate surface area is 317 Å². The summed E-state index contributed by atoms with van der Waals surface area (Å²) in [5.74, 6) is 3.79. The van der Waals surface area contributed by atoms with E-state index in [1.54, 1.807) is 71.6 Å². The molecule has 0 spiro atoms. The largest absolute Gasteiger partial charge is 0.467 e. The number of hydrogen-bond acceptors (Lipinski definition) is 11. The number of nitrogens with one attached hydrogen (secondary N) is 1. The molecule has 2 saturated heterocycles. The van der Waals surface area contributed by atoms with E-state index in [1.165, 1.54) is 36.4 Å². The van der Waals surface area contributed by atoms with Gasteiger partial charge in [0.2, 0.25) is 22.2 Å².